The fraction of sp³-hybridized carbons (Fsp3) is 0.235. The molecule has 124 valence electrons. The molecule has 1 aromatic carbocycles. The van der Waals surface area contributed by atoms with Crippen molar-refractivity contribution in [3.05, 3.63) is 51.9 Å². The van der Waals surface area contributed by atoms with Crippen LogP contribution in [0, 0.1) is 31.0 Å². The van der Waals surface area contributed by atoms with Crippen molar-refractivity contribution >= 4 is 35.0 Å². The van der Waals surface area contributed by atoms with Crippen molar-refractivity contribution in [2.75, 3.05) is 17.7 Å². The number of rotatable bonds is 4. The van der Waals surface area contributed by atoms with Gasteiger partial charge < -0.3 is 4.90 Å². The van der Waals surface area contributed by atoms with E-state index in [4.69, 9.17) is 11.6 Å². The van der Waals surface area contributed by atoms with Gasteiger partial charge in [-0.1, -0.05) is 23.4 Å². The van der Waals surface area contributed by atoms with Crippen molar-refractivity contribution in [1.82, 2.24) is 4.98 Å². The lowest BCUT2D eigenvalue weighted by Crippen LogP contribution is -2.28. The fourth-order valence-electron chi connectivity index (χ4n) is 2.07. The normalized spacial score (nSPS) is 10.3. The van der Waals surface area contributed by atoms with Gasteiger partial charge in [0, 0.05) is 12.7 Å². The van der Waals surface area contributed by atoms with Crippen LogP contribution < -0.4 is 4.90 Å². The van der Waals surface area contributed by atoms with E-state index in [0.717, 1.165) is 0 Å². The molecule has 1 amide bonds. The number of aromatic nitrogens is 1. The lowest BCUT2D eigenvalue weighted by atomic mass is 10.1. The summed E-state index contributed by atoms with van der Waals surface area (Å²) in [6, 6.07) is 7.76. The predicted molar refractivity (Wildman–Crippen MR) is 94.0 cm³/mol. The van der Waals surface area contributed by atoms with E-state index in [2.05, 4.69) is 11.1 Å². The Kier molecular flexibility index (Phi) is 5.81. The van der Waals surface area contributed by atoms with Gasteiger partial charge in [-0.2, -0.15) is 5.26 Å². The minimum absolute atomic E-state index is 0.107. The third-order valence-corrected chi connectivity index (χ3v) is 5.05. The zero-order chi connectivity index (χ0) is 17.9. The second kappa shape index (κ2) is 7.65. The number of halogens is 2. The molecule has 7 heteroatoms. The average Bonchev–Trinajstić information content (AvgIpc) is 2.57. The maximum Gasteiger partial charge on any atom is 0.237 e. The highest BCUT2D eigenvalue weighted by Gasteiger charge is 2.17. The van der Waals surface area contributed by atoms with Gasteiger partial charge in [-0.15, -0.1) is 0 Å². The summed E-state index contributed by atoms with van der Waals surface area (Å²) in [5, 5.41) is 10.2. The van der Waals surface area contributed by atoms with E-state index in [1.807, 2.05) is 0 Å². The second-order valence-electron chi connectivity index (χ2n) is 5.15. The van der Waals surface area contributed by atoms with E-state index in [-0.39, 0.29) is 17.5 Å². The van der Waals surface area contributed by atoms with E-state index in [9.17, 15) is 14.4 Å². The van der Waals surface area contributed by atoms with Crippen LogP contribution in [-0.2, 0) is 4.79 Å². The van der Waals surface area contributed by atoms with Gasteiger partial charge in [0.05, 0.1) is 22.0 Å². The van der Waals surface area contributed by atoms with Gasteiger partial charge in [0.25, 0.3) is 0 Å². The molecule has 0 radical (unpaired) electrons. The molecule has 0 aliphatic rings. The Bertz CT molecular complexity index is 818. The van der Waals surface area contributed by atoms with Crippen molar-refractivity contribution in [3.8, 4) is 6.07 Å². The monoisotopic (exact) mass is 363 g/mol. The van der Waals surface area contributed by atoms with Crippen LogP contribution in [0.3, 0.4) is 0 Å². The Morgan fingerprint density at radius 1 is 1.38 bits per heavy atom. The summed E-state index contributed by atoms with van der Waals surface area (Å²) in [4.78, 5) is 18.1. The number of nitriles is 1. The van der Waals surface area contributed by atoms with Gasteiger partial charge in [-0.25, -0.2) is 9.37 Å². The molecule has 1 heterocycles. The summed E-state index contributed by atoms with van der Waals surface area (Å²) in [5.74, 6) is -0.428. The number of hydrogen-bond acceptors (Lipinski definition) is 4. The first-order valence-electron chi connectivity index (χ1n) is 7.07. The van der Waals surface area contributed by atoms with Crippen LogP contribution in [0.2, 0.25) is 5.02 Å². The Hall–Kier alpha value is -2.10. The Morgan fingerprint density at radius 2 is 2.00 bits per heavy atom. The molecule has 0 fully saturated rings. The lowest BCUT2D eigenvalue weighted by molar-refractivity contribution is -0.115. The number of aryl methyl sites for hydroxylation is 1. The Morgan fingerprint density at radius 3 is 2.58 bits per heavy atom. The molecule has 0 N–H and O–H groups in total. The van der Waals surface area contributed by atoms with Gasteiger partial charge in [0.1, 0.15) is 16.9 Å². The summed E-state index contributed by atoms with van der Waals surface area (Å²) in [5.41, 5.74) is 2.26. The predicted octanol–water partition coefficient (Wildman–Crippen LogP) is 4.12. The number of anilines is 1. The maximum absolute atomic E-state index is 13.0. The zero-order valence-electron chi connectivity index (χ0n) is 13.4. The van der Waals surface area contributed by atoms with E-state index >= 15 is 0 Å². The lowest BCUT2D eigenvalue weighted by Gasteiger charge is -2.17. The number of carbonyl (C=O) groups is 1. The summed E-state index contributed by atoms with van der Waals surface area (Å²) >= 11 is 7.30. The molecular weight excluding hydrogens is 349 g/mol. The summed E-state index contributed by atoms with van der Waals surface area (Å²) in [6.45, 7) is 3.51. The van der Waals surface area contributed by atoms with Crippen LogP contribution in [0.15, 0.2) is 29.3 Å². The minimum Gasteiger partial charge on any atom is -0.315 e. The molecule has 24 heavy (non-hydrogen) atoms. The zero-order valence-corrected chi connectivity index (χ0v) is 15.0. The average molecular weight is 364 g/mol. The van der Waals surface area contributed by atoms with Gasteiger partial charge in [0.15, 0.2) is 0 Å². The molecule has 4 nitrogen and oxygen atoms in total. The second-order valence-corrected chi connectivity index (χ2v) is 6.49. The summed E-state index contributed by atoms with van der Waals surface area (Å²) in [7, 11) is 1.62. The first-order valence-corrected chi connectivity index (χ1v) is 8.43. The number of benzene rings is 1. The van der Waals surface area contributed by atoms with E-state index in [1.54, 1.807) is 20.9 Å². The standard InChI is InChI=1S/C17H15ClFN3OS/c1-10-14(8-20)17(21-11(2)16(10)18)24-9-15(23)22(3)13-6-4-12(19)5-7-13/h4-7H,9H2,1-3H3. The van der Waals surface area contributed by atoms with Crippen molar-refractivity contribution in [2.24, 2.45) is 0 Å². The van der Waals surface area contributed by atoms with Crippen molar-refractivity contribution in [1.29, 1.82) is 5.26 Å². The van der Waals surface area contributed by atoms with Gasteiger partial charge >= 0.3 is 0 Å². The van der Waals surface area contributed by atoms with Crippen molar-refractivity contribution < 1.29 is 9.18 Å². The summed E-state index contributed by atoms with van der Waals surface area (Å²) in [6.07, 6.45) is 0. The van der Waals surface area contributed by atoms with Crippen LogP contribution >= 0.6 is 23.4 Å². The molecule has 0 saturated heterocycles. The first kappa shape index (κ1) is 18.2. The molecule has 0 saturated carbocycles. The van der Waals surface area contributed by atoms with Crippen LogP contribution in [0.4, 0.5) is 10.1 Å². The molecule has 0 bridgehead atoms. The smallest absolute Gasteiger partial charge is 0.237 e. The van der Waals surface area contributed by atoms with Gasteiger partial charge in [-0.05, 0) is 43.7 Å². The third kappa shape index (κ3) is 3.86. The number of nitrogens with zero attached hydrogens (tertiary/aromatic N) is 3. The highest BCUT2D eigenvalue weighted by molar-refractivity contribution is 8.00. The maximum atomic E-state index is 13.0. The van der Waals surface area contributed by atoms with Crippen molar-refractivity contribution in [3.63, 3.8) is 0 Å². The number of carbonyl (C=O) groups excluding carboxylic acids is 1. The molecule has 0 aliphatic heterocycles. The molecular formula is C17H15ClFN3OS. The minimum atomic E-state index is -0.357. The Balaban J connectivity index is 2.15. The number of hydrogen-bond donors (Lipinski definition) is 0. The van der Waals surface area contributed by atoms with Crippen LogP contribution in [-0.4, -0.2) is 23.7 Å². The number of pyridine rings is 1. The topological polar surface area (TPSA) is 57.0 Å². The highest BCUT2D eigenvalue weighted by Crippen LogP contribution is 2.29. The van der Waals surface area contributed by atoms with E-state index in [1.165, 1.54) is 40.9 Å². The van der Waals surface area contributed by atoms with E-state index in [0.29, 0.717) is 32.6 Å². The number of amides is 1. The highest BCUT2D eigenvalue weighted by atomic mass is 35.5. The fourth-order valence-corrected chi connectivity index (χ4v) is 3.21. The van der Waals surface area contributed by atoms with Crippen molar-refractivity contribution in [2.45, 2.75) is 18.9 Å². The first-order chi connectivity index (χ1) is 11.3. The molecule has 0 atom stereocenters. The van der Waals surface area contributed by atoms with Gasteiger partial charge in [-0.3, -0.25) is 4.79 Å². The molecule has 2 aromatic rings. The molecule has 1 aromatic heterocycles. The summed E-state index contributed by atoms with van der Waals surface area (Å²) < 4.78 is 13.0. The van der Waals surface area contributed by atoms with Gasteiger partial charge in [0.2, 0.25) is 5.91 Å². The molecule has 0 aliphatic carbocycles. The Labute approximate surface area is 149 Å². The quantitative estimate of drug-likeness (QED) is 0.767. The largest absolute Gasteiger partial charge is 0.315 e. The number of thioether (sulfide) groups is 1. The molecule has 0 unspecified atom stereocenters. The van der Waals surface area contributed by atoms with Crippen LogP contribution in [0.5, 0.6) is 0 Å². The van der Waals surface area contributed by atoms with E-state index < -0.39 is 0 Å². The van der Waals surface area contributed by atoms with Crippen LogP contribution in [0.1, 0.15) is 16.8 Å². The molecule has 0 spiro atoms. The third-order valence-electron chi connectivity index (χ3n) is 3.54. The van der Waals surface area contributed by atoms with Crippen LogP contribution in [0.25, 0.3) is 0 Å². The SMILES string of the molecule is Cc1nc(SCC(=O)N(C)c2ccc(F)cc2)c(C#N)c(C)c1Cl. The molecule has 2 rings (SSSR count).